The molecule has 0 saturated heterocycles. The Labute approximate surface area is 132 Å². The van der Waals surface area contributed by atoms with Gasteiger partial charge in [-0.1, -0.05) is 25.4 Å². The quantitative estimate of drug-likeness (QED) is 0.723. The molecule has 0 fully saturated rings. The normalized spacial score (nSPS) is 12.0. The highest BCUT2D eigenvalue weighted by Gasteiger charge is 2.15. The van der Waals surface area contributed by atoms with Crippen molar-refractivity contribution >= 4 is 21.6 Å². The minimum Gasteiger partial charge on any atom is -0.392 e. The van der Waals surface area contributed by atoms with Crippen LogP contribution in [0.4, 0.5) is 0 Å². The number of aliphatic hydroxyl groups excluding tert-OH is 1. The first-order valence-corrected chi connectivity index (χ1v) is 8.92. The fourth-order valence-corrected chi connectivity index (χ4v) is 3.25. The molecular formula is C14H23ClN2O3S. The van der Waals surface area contributed by atoms with Crippen LogP contribution in [0.25, 0.3) is 0 Å². The second-order valence-electron chi connectivity index (χ2n) is 4.74. The maximum Gasteiger partial charge on any atom is 0.240 e. The molecule has 0 amide bonds. The van der Waals surface area contributed by atoms with Crippen molar-refractivity contribution in [1.82, 2.24) is 9.62 Å². The van der Waals surface area contributed by atoms with Crippen molar-refractivity contribution in [2.45, 2.75) is 31.8 Å². The second kappa shape index (κ2) is 8.70. The summed E-state index contributed by atoms with van der Waals surface area (Å²) < 4.78 is 26.9. The van der Waals surface area contributed by atoms with E-state index in [1.165, 1.54) is 18.2 Å². The molecule has 120 valence electrons. The van der Waals surface area contributed by atoms with Gasteiger partial charge in [-0.15, -0.1) is 0 Å². The predicted octanol–water partition coefficient (Wildman–Crippen LogP) is 1.84. The summed E-state index contributed by atoms with van der Waals surface area (Å²) in [5, 5.41) is 9.50. The Morgan fingerprint density at radius 2 is 2.00 bits per heavy atom. The Bertz CT molecular complexity index is 549. The fourth-order valence-electron chi connectivity index (χ4n) is 2.01. The van der Waals surface area contributed by atoms with Crippen LogP contribution in [0.2, 0.25) is 5.02 Å². The molecule has 0 radical (unpaired) electrons. The number of nitrogens with zero attached hydrogens (tertiary/aromatic N) is 1. The third-order valence-corrected chi connectivity index (χ3v) is 5.03. The van der Waals surface area contributed by atoms with Crippen molar-refractivity contribution in [1.29, 1.82) is 0 Å². The van der Waals surface area contributed by atoms with Gasteiger partial charge < -0.3 is 10.0 Å². The molecule has 0 saturated carbocycles. The number of benzene rings is 1. The number of aliphatic hydroxyl groups is 1. The van der Waals surface area contributed by atoms with E-state index in [1.807, 2.05) is 0 Å². The van der Waals surface area contributed by atoms with Gasteiger partial charge in [0.2, 0.25) is 10.0 Å². The van der Waals surface area contributed by atoms with Crippen LogP contribution < -0.4 is 4.72 Å². The zero-order valence-electron chi connectivity index (χ0n) is 12.5. The summed E-state index contributed by atoms with van der Waals surface area (Å²) in [6, 6.07) is 4.32. The third-order valence-electron chi connectivity index (χ3n) is 3.20. The van der Waals surface area contributed by atoms with Gasteiger partial charge in [-0.2, -0.15) is 0 Å². The van der Waals surface area contributed by atoms with E-state index in [9.17, 15) is 8.42 Å². The molecule has 1 aromatic carbocycles. The average Bonchev–Trinajstić information content (AvgIpc) is 2.46. The van der Waals surface area contributed by atoms with Gasteiger partial charge in [0.05, 0.1) is 11.5 Å². The summed E-state index contributed by atoms with van der Waals surface area (Å²) in [5.74, 6) is 0. The molecule has 0 bridgehead atoms. The SMILES string of the molecule is CCCN(CC)CCNS(=O)(=O)c1ccc(Cl)c(CO)c1. The summed E-state index contributed by atoms with van der Waals surface area (Å²) >= 11 is 5.86. The van der Waals surface area contributed by atoms with Crippen LogP contribution in [0.1, 0.15) is 25.8 Å². The van der Waals surface area contributed by atoms with Crippen molar-refractivity contribution in [2.24, 2.45) is 0 Å². The average molecular weight is 335 g/mol. The standard InChI is InChI=1S/C14H23ClN2O3S/c1-3-8-17(4-2)9-7-16-21(19,20)13-5-6-14(15)12(10-13)11-18/h5-6,10,16,18H,3-4,7-9,11H2,1-2H3. The third kappa shape index (κ3) is 5.56. The number of halogens is 1. The first-order valence-electron chi connectivity index (χ1n) is 7.05. The van der Waals surface area contributed by atoms with E-state index >= 15 is 0 Å². The molecule has 0 aromatic heterocycles. The Morgan fingerprint density at radius 1 is 1.29 bits per heavy atom. The molecule has 2 N–H and O–H groups in total. The Hall–Kier alpha value is -0.660. The molecule has 1 aromatic rings. The van der Waals surface area contributed by atoms with Crippen molar-refractivity contribution in [3.05, 3.63) is 28.8 Å². The van der Waals surface area contributed by atoms with E-state index < -0.39 is 10.0 Å². The van der Waals surface area contributed by atoms with Gasteiger partial charge in [-0.05, 0) is 43.3 Å². The minimum atomic E-state index is -3.57. The van der Waals surface area contributed by atoms with Crippen LogP contribution in [0, 0.1) is 0 Å². The van der Waals surface area contributed by atoms with Gasteiger partial charge in [-0.3, -0.25) is 0 Å². The molecule has 0 aliphatic rings. The molecule has 5 nitrogen and oxygen atoms in total. The second-order valence-corrected chi connectivity index (χ2v) is 6.92. The summed E-state index contributed by atoms with van der Waals surface area (Å²) in [6.45, 7) is 6.73. The molecule has 0 spiro atoms. The molecule has 7 heteroatoms. The predicted molar refractivity (Wildman–Crippen MR) is 85.0 cm³/mol. The van der Waals surface area contributed by atoms with Gasteiger partial charge in [-0.25, -0.2) is 13.1 Å². The van der Waals surface area contributed by atoms with Crippen molar-refractivity contribution in [2.75, 3.05) is 26.2 Å². The number of nitrogens with one attached hydrogen (secondary N) is 1. The largest absolute Gasteiger partial charge is 0.392 e. The topological polar surface area (TPSA) is 69.6 Å². The van der Waals surface area contributed by atoms with Gasteiger partial charge >= 0.3 is 0 Å². The van der Waals surface area contributed by atoms with E-state index in [0.29, 0.717) is 23.7 Å². The van der Waals surface area contributed by atoms with Gasteiger partial charge in [0.1, 0.15) is 0 Å². The first-order chi connectivity index (χ1) is 9.94. The monoisotopic (exact) mass is 334 g/mol. The van der Waals surface area contributed by atoms with Crippen LogP contribution >= 0.6 is 11.6 Å². The maximum atomic E-state index is 12.2. The zero-order valence-corrected chi connectivity index (χ0v) is 14.0. The van der Waals surface area contributed by atoms with Crippen molar-refractivity contribution < 1.29 is 13.5 Å². The Balaban J connectivity index is 2.69. The number of hydrogen-bond acceptors (Lipinski definition) is 4. The van der Waals surface area contributed by atoms with Gasteiger partial charge in [0.25, 0.3) is 0 Å². The lowest BCUT2D eigenvalue weighted by Crippen LogP contribution is -2.35. The Morgan fingerprint density at radius 3 is 2.57 bits per heavy atom. The van der Waals surface area contributed by atoms with E-state index in [1.54, 1.807) is 0 Å². The summed E-state index contributed by atoms with van der Waals surface area (Å²) in [4.78, 5) is 2.30. The summed E-state index contributed by atoms with van der Waals surface area (Å²) in [6.07, 6.45) is 1.04. The van der Waals surface area contributed by atoms with Crippen LogP contribution in [-0.4, -0.2) is 44.6 Å². The summed E-state index contributed by atoms with van der Waals surface area (Å²) in [7, 11) is -3.57. The number of rotatable bonds is 9. The first kappa shape index (κ1) is 18.4. The molecule has 0 atom stereocenters. The zero-order chi connectivity index (χ0) is 15.9. The Kier molecular flexibility index (Phi) is 7.62. The van der Waals surface area contributed by atoms with E-state index in [0.717, 1.165) is 19.5 Å². The van der Waals surface area contributed by atoms with Crippen molar-refractivity contribution in [3.8, 4) is 0 Å². The molecule has 0 aliphatic carbocycles. The minimum absolute atomic E-state index is 0.120. The van der Waals surface area contributed by atoms with Gasteiger partial charge in [0, 0.05) is 18.1 Å². The maximum absolute atomic E-state index is 12.2. The molecule has 1 rings (SSSR count). The molecule has 0 heterocycles. The van der Waals surface area contributed by atoms with E-state index in [2.05, 4.69) is 23.5 Å². The number of hydrogen-bond donors (Lipinski definition) is 2. The van der Waals surface area contributed by atoms with Crippen LogP contribution in [0.15, 0.2) is 23.1 Å². The summed E-state index contributed by atoms with van der Waals surface area (Å²) in [5.41, 5.74) is 0.403. The highest BCUT2D eigenvalue weighted by Crippen LogP contribution is 2.20. The fraction of sp³-hybridized carbons (Fsp3) is 0.571. The van der Waals surface area contributed by atoms with Crippen LogP contribution in [0.5, 0.6) is 0 Å². The highest BCUT2D eigenvalue weighted by molar-refractivity contribution is 7.89. The molecule has 0 aliphatic heterocycles. The number of likely N-dealkylation sites (N-methyl/N-ethyl adjacent to an activating group) is 1. The lowest BCUT2D eigenvalue weighted by Gasteiger charge is -2.19. The van der Waals surface area contributed by atoms with Crippen LogP contribution in [-0.2, 0) is 16.6 Å². The lowest BCUT2D eigenvalue weighted by molar-refractivity contribution is 0.281. The molecule has 0 unspecified atom stereocenters. The number of sulfonamides is 1. The van der Waals surface area contributed by atoms with Crippen molar-refractivity contribution in [3.63, 3.8) is 0 Å². The smallest absolute Gasteiger partial charge is 0.240 e. The molecule has 21 heavy (non-hydrogen) atoms. The van der Waals surface area contributed by atoms with Gasteiger partial charge in [0.15, 0.2) is 0 Å². The molecular weight excluding hydrogens is 312 g/mol. The highest BCUT2D eigenvalue weighted by atomic mass is 35.5. The van der Waals surface area contributed by atoms with E-state index in [-0.39, 0.29) is 11.5 Å². The van der Waals surface area contributed by atoms with E-state index in [4.69, 9.17) is 16.7 Å². The lowest BCUT2D eigenvalue weighted by atomic mass is 10.2. The van der Waals surface area contributed by atoms with Crippen LogP contribution in [0.3, 0.4) is 0 Å².